The van der Waals surface area contributed by atoms with Crippen molar-refractivity contribution in [1.82, 2.24) is 10.6 Å². The number of aliphatic hydroxyl groups is 1. The van der Waals surface area contributed by atoms with Crippen molar-refractivity contribution in [3.8, 4) is 0 Å². The van der Waals surface area contributed by atoms with Crippen molar-refractivity contribution < 1.29 is 9.90 Å². The molecule has 4 heteroatoms. The van der Waals surface area contributed by atoms with Crippen LogP contribution in [0.1, 0.15) is 47.4 Å². The molecule has 3 N–H and O–H groups in total. The SMILES string of the molecule is CC(CO)CNC(=O)NCC1CC2c3ccccc3C1c1ccccc12. The van der Waals surface area contributed by atoms with Crippen LogP contribution >= 0.6 is 0 Å². The molecule has 3 aliphatic carbocycles. The average Bonchev–Trinajstić information content (AvgIpc) is 2.70. The molecule has 2 aromatic rings. The van der Waals surface area contributed by atoms with Gasteiger partial charge in [0, 0.05) is 31.5 Å². The van der Waals surface area contributed by atoms with Gasteiger partial charge in [-0.2, -0.15) is 0 Å². The first-order valence-corrected chi connectivity index (χ1v) is 9.49. The first-order chi connectivity index (χ1) is 12.7. The minimum absolute atomic E-state index is 0.0743. The Bertz CT molecular complexity index is 757. The fourth-order valence-electron chi connectivity index (χ4n) is 4.58. The number of nitrogens with one attached hydrogen (secondary N) is 2. The Balaban J connectivity index is 1.51. The summed E-state index contributed by atoms with van der Waals surface area (Å²) < 4.78 is 0. The quantitative estimate of drug-likeness (QED) is 0.775. The first-order valence-electron chi connectivity index (χ1n) is 9.49. The zero-order valence-corrected chi connectivity index (χ0v) is 15.1. The van der Waals surface area contributed by atoms with Crippen molar-refractivity contribution in [2.75, 3.05) is 19.7 Å². The second-order valence-electron chi connectivity index (χ2n) is 7.66. The van der Waals surface area contributed by atoms with Crippen LogP contribution in [0.15, 0.2) is 48.5 Å². The van der Waals surface area contributed by atoms with Gasteiger partial charge < -0.3 is 15.7 Å². The van der Waals surface area contributed by atoms with Crippen molar-refractivity contribution >= 4 is 6.03 Å². The average molecular weight is 350 g/mol. The predicted octanol–water partition coefficient (Wildman–Crippen LogP) is 3.21. The molecule has 0 saturated carbocycles. The van der Waals surface area contributed by atoms with E-state index in [1.807, 2.05) is 6.92 Å². The topological polar surface area (TPSA) is 61.4 Å². The van der Waals surface area contributed by atoms with Crippen LogP contribution in [0.4, 0.5) is 4.79 Å². The van der Waals surface area contributed by atoms with Crippen LogP contribution in [0.5, 0.6) is 0 Å². The molecule has 2 unspecified atom stereocenters. The summed E-state index contributed by atoms with van der Waals surface area (Å²) in [5, 5.41) is 15.0. The van der Waals surface area contributed by atoms with Gasteiger partial charge >= 0.3 is 6.03 Å². The summed E-state index contributed by atoms with van der Waals surface area (Å²) >= 11 is 0. The summed E-state index contributed by atoms with van der Waals surface area (Å²) in [5.41, 5.74) is 5.74. The normalized spacial score (nSPS) is 23.7. The van der Waals surface area contributed by atoms with Gasteiger partial charge in [0.2, 0.25) is 0 Å². The van der Waals surface area contributed by atoms with Crippen molar-refractivity contribution in [3.05, 3.63) is 70.8 Å². The zero-order valence-electron chi connectivity index (χ0n) is 15.1. The number of urea groups is 1. The highest BCUT2D eigenvalue weighted by molar-refractivity contribution is 5.73. The zero-order chi connectivity index (χ0) is 18.1. The maximum Gasteiger partial charge on any atom is 0.314 e. The number of aliphatic hydroxyl groups excluding tert-OH is 1. The number of benzene rings is 2. The highest BCUT2D eigenvalue weighted by Crippen LogP contribution is 2.54. The number of rotatable bonds is 5. The second kappa shape index (κ2) is 7.12. The molecule has 0 radical (unpaired) electrons. The number of hydrogen-bond donors (Lipinski definition) is 3. The summed E-state index contributed by atoms with van der Waals surface area (Å²) in [6, 6.07) is 17.4. The van der Waals surface area contributed by atoms with E-state index < -0.39 is 0 Å². The summed E-state index contributed by atoms with van der Waals surface area (Å²) in [6.07, 6.45) is 1.08. The van der Waals surface area contributed by atoms with E-state index >= 15 is 0 Å². The molecule has 2 atom stereocenters. The maximum absolute atomic E-state index is 12.1. The summed E-state index contributed by atoms with van der Waals surface area (Å²) in [7, 11) is 0. The molecule has 2 bridgehead atoms. The molecule has 0 saturated heterocycles. The van der Waals surface area contributed by atoms with E-state index in [1.165, 1.54) is 22.3 Å². The van der Waals surface area contributed by atoms with Gasteiger partial charge in [0.15, 0.2) is 0 Å². The Hall–Kier alpha value is -2.33. The maximum atomic E-state index is 12.1. The highest BCUT2D eigenvalue weighted by atomic mass is 16.3. The minimum Gasteiger partial charge on any atom is -0.396 e. The number of amides is 2. The lowest BCUT2D eigenvalue weighted by Crippen LogP contribution is -2.43. The van der Waals surface area contributed by atoms with E-state index in [1.54, 1.807) is 0 Å². The van der Waals surface area contributed by atoms with Crippen LogP contribution in [0.25, 0.3) is 0 Å². The van der Waals surface area contributed by atoms with Crippen molar-refractivity contribution in [2.24, 2.45) is 11.8 Å². The molecular weight excluding hydrogens is 324 g/mol. The van der Waals surface area contributed by atoms with Gasteiger partial charge in [-0.25, -0.2) is 4.79 Å². The smallest absolute Gasteiger partial charge is 0.314 e. The molecule has 0 aromatic heterocycles. The molecule has 26 heavy (non-hydrogen) atoms. The summed E-state index contributed by atoms with van der Waals surface area (Å²) in [4.78, 5) is 12.1. The summed E-state index contributed by atoms with van der Waals surface area (Å²) in [6.45, 7) is 3.16. The van der Waals surface area contributed by atoms with E-state index in [4.69, 9.17) is 5.11 Å². The van der Waals surface area contributed by atoms with Gasteiger partial charge in [-0.15, -0.1) is 0 Å². The fraction of sp³-hybridized carbons (Fsp3) is 0.409. The number of carbonyl (C=O) groups excluding carboxylic acids is 1. The first kappa shape index (κ1) is 17.1. The number of hydrogen-bond acceptors (Lipinski definition) is 2. The van der Waals surface area contributed by atoms with Gasteiger partial charge in [0.25, 0.3) is 0 Å². The molecule has 0 fully saturated rings. The Kier molecular flexibility index (Phi) is 4.68. The van der Waals surface area contributed by atoms with Crippen molar-refractivity contribution in [1.29, 1.82) is 0 Å². The Morgan fingerprint density at radius 1 is 1.04 bits per heavy atom. The van der Waals surface area contributed by atoms with Crippen molar-refractivity contribution in [3.63, 3.8) is 0 Å². The lowest BCUT2D eigenvalue weighted by atomic mass is 9.59. The molecule has 2 amide bonds. The van der Waals surface area contributed by atoms with Gasteiger partial charge in [-0.05, 0) is 40.5 Å². The van der Waals surface area contributed by atoms with Crippen LogP contribution in [-0.4, -0.2) is 30.8 Å². The Labute approximate surface area is 154 Å². The Morgan fingerprint density at radius 2 is 1.62 bits per heavy atom. The Morgan fingerprint density at radius 3 is 2.19 bits per heavy atom. The van der Waals surface area contributed by atoms with Gasteiger partial charge in [-0.3, -0.25) is 0 Å². The fourth-order valence-corrected chi connectivity index (χ4v) is 4.58. The molecular formula is C22H26N2O2. The van der Waals surface area contributed by atoms with Gasteiger partial charge in [0.1, 0.15) is 0 Å². The third-order valence-electron chi connectivity index (χ3n) is 5.87. The number of carbonyl (C=O) groups is 1. The number of fused-ring (bicyclic) bond motifs is 1. The van der Waals surface area contributed by atoms with Crippen LogP contribution in [0, 0.1) is 11.8 Å². The second-order valence-corrected chi connectivity index (χ2v) is 7.66. The van der Waals surface area contributed by atoms with Crippen LogP contribution in [0.2, 0.25) is 0 Å². The summed E-state index contributed by atoms with van der Waals surface area (Å²) in [5.74, 6) is 1.26. The standard InChI is InChI=1S/C22H26N2O2/c1-14(13-25)11-23-22(26)24-12-15-10-20-16-6-2-4-8-18(16)21(15)19-9-5-3-7-17(19)20/h2-9,14-15,20-21,25H,10-13H2,1H3,(H2,23,24,26). The van der Waals surface area contributed by atoms with E-state index in [0.717, 1.165) is 6.42 Å². The molecule has 0 aliphatic heterocycles. The van der Waals surface area contributed by atoms with E-state index in [-0.39, 0.29) is 18.6 Å². The molecule has 2 aromatic carbocycles. The third-order valence-corrected chi connectivity index (χ3v) is 5.87. The molecule has 136 valence electrons. The van der Waals surface area contributed by atoms with Crippen LogP contribution in [-0.2, 0) is 0 Å². The van der Waals surface area contributed by atoms with Crippen LogP contribution in [0.3, 0.4) is 0 Å². The van der Waals surface area contributed by atoms with E-state index in [9.17, 15) is 4.79 Å². The predicted molar refractivity (Wildman–Crippen MR) is 102 cm³/mol. The van der Waals surface area contributed by atoms with E-state index in [0.29, 0.717) is 30.8 Å². The van der Waals surface area contributed by atoms with Crippen molar-refractivity contribution in [2.45, 2.75) is 25.2 Å². The molecule has 3 aliphatic rings. The largest absolute Gasteiger partial charge is 0.396 e. The van der Waals surface area contributed by atoms with Gasteiger partial charge in [0.05, 0.1) is 0 Å². The monoisotopic (exact) mass is 350 g/mol. The van der Waals surface area contributed by atoms with E-state index in [2.05, 4.69) is 59.2 Å². The molecule has 4 nitrogen and oxygen atoms in total. The molecule has 5 rings (SSSR count). The molecule has 0 heterocycles. The lowest BCUT2D eigenvalue weighted by Gasteiger charge is -2.45. The minimum atomic E-state index is -0.145. The van der Waals surface area contributed by atoms with Gasteiger partial charge in [-0.1, -0.05) is 55.5 Å². The van der Waals surface area contributed by atoms with Crippen LogP contribution < -0.4 is 10.6 Å². The lowest BCUT2D eigenvalue weighted by molar-refractivity contribution is 0.219. The highest BCUT2D eigenvalue weighted by Gasteiger charge is 2.42. The molecule has 0 spiro atoms. The third kappa shape index (κ3) is 2.99.